The predicted octanol–water partition coefficient (Wildman–Crippen LogP) is 7.24. The third-order valence-corrected chi connectivity index (χ3v) is 5.64. The van der Waals surface area contributed by atoms with Crippen molar-refractivity contribution in [3.8, 4) is 17.0 Å². The number of benzene rings is 1. The Kier molecular flexibility index (Phi) is 12.7. The van der Waals surface area contributed by atoms with Crippen LogP contribution in [0.2, 0.25) is 0 Å². The molecule has 34 heavy (non-hydrogen) atoms. The van der Waals surface area contributed by atoms with Gasteiger partial charge in [0.25, 0.3) is 0 Å². The number of allylic oxidation sites excluding steroid dienone is 1. The van der Waals surface area contributed by atoms with E-state index in [2.05, 4.69) is 24.0 Å². The highest BCUT2D eigenvalue weighted by Gasteiger charge is 2.08. The van der Waals surface area contributed by atoms with Gasteiger partial charge in [0.1, 0.15) is 5.75 Å². The van der Waals surface area contributed by atoms with Crippen LogP contribution >= 0.6 is 0 Å². The molecule has 2 rings (SSSR count). The molecule has 0 aliphatic heterocycles. The lowest BCUT2D eigenvalue weighted by molar-refractivity contribution is -0.148. The summed E-state index contributed by atoms with van der Waals surface area (Å²) in [6.45, 7) is 5.94. The van der Waals surface area contributed by atoms with E-state index in [0.717, 1.165) is 36.9 Å². The lowest BCUT2D eigenvalue weighted by Gasteiger charge is -2.12. The molecule has 2 aromatic rings. The van der Waals surface area contributed by atoms with Crippen LogP contribution < -0.4 is 4.74 Å². The second-order valence-corrected chi connectivity index (χ2v) is 8.65. The summed E-state index contributed by atoms with van der Waals surface area (Å²) in [6.07, 6.45) is 15.2. The van der Waals surface area contributed by atoms with Crippen LogP contribution in [0.1, 0.15) is 84.1 Å². The predicted molar refractivity (Wildman–Crippen MR) is 137 cm³/mol. The van der Waals surface area contributed by atoms with Crippen LogP contribution in [-0.2, 0) is 20.7 Å². The molecule has 0 N–H and O–H groups in total. The van der Waals surface area contributed by atoms with Gasteiger partial charge in [-0.1, -0.05) is 76.3 Å². The van der Waals surface area contributed by atoms with Crippen LogP contribution in [0, 0.1) is 0 Å². The normalized spacial score (nSPS) is 12.0. The Morgan fingerprint density at radius 1 is 0.971 bits per heavy atom. The summed E-state index contributed by atoms with van der Waals surface area (Å²) in [5, 5.41) is 0. The summed E-state index contributed by atoms with van der Waals surface area (Å²) in [7, 11) is 0. The van der Waals surface area contributed by atoms with Crippen molar-refractivity contribution in [2.24, 2.45) is 0 Å². The number of aromatic nitrogens is 1. The van der Waals surface area contributed by atoms with Crippen LogP contribution in [0.15, 0.2) is 54.7 Å². The molecule has 0 saturated carbocycles. The van der Waals surface area contributed by atoms with Crippen LogP contribution in [0.3, 0.4) is 0 Å². The standard InChI is InChI=1S/C29H39NO4/c1-4-6-7-8-9-10-11-12-13-29(32)34-26-20-21-27(30-22-26)25-18-16-24(17-19-25)15-14-23(3)33-28(31)5-2/h12-13,16-23H,4-11,14-15H2,1-3H3/b13-12+. The molecule has 0 aliphatic carbocycles. The maximum Gasteiger partial charge on any atom is 0.335 e. The van der Waals surface area contributed by atoms with Crippen molar-refractivity contribution in [2.45, 2.75) is 91.1 Å². The lowest BCUT2D eigenvalue weighted by Crippen LogP contribution is -2.14. The van der Waals surface area contributed by atoms with Crippen molar-refractivity contribution >= 4 is 11.9 Å². The summed E-state index contributed by atoms with van der Waals surface area (Å²) in [5.74, 6) is -0.0961. The second kappa shape index (κ2) is 15.8. The zero-order valence-corrected chi connectivity index (χ0v) is 20.9. The van der Waals surface area contributed by atoms with Crippen molar-refractivity contribution in [1.82, 2.24) is 4.98 Å². The molecule has 1 heterocycles. The Hall–Kier alpha value is -2.95. The highest BCUT2D eigenvalue weighted by atomic mass is 16.5. The summed E-state index contributed by atoms with van der Waals surface area (Å²) in [6, 6.07) is 11.8. The second-order valence-electron chi connectivity index (χ2n) is 8.65. The van der Waals surface area contributed by atoms with Crippen LogP contribution in [-0.4, -0.2) is 23.0 Å². The van der Waals surface area contributed by atoms with Gasteiger partial charge in [-0.05, 0) is 50.3 Å². The number of rotatable bonds is 15. The molecule has 1 unspecified atom stereocenters. The van der Waals surface area contributed by atoms with Gasteiger partial charge < -0.3 is 9.47 Å². The van der Waals surface area contributed by atoms with Crippen LogP contribution in [0.5, 0.6) is 5.75 Å². The van der Waals surface area contributed by atoms with Gasteiger partial charge in [0, 0.05) is 18.1 Å². The lowest BCUT2D eigenvalue weighted by atomic mass is 10.0. The van der Waals surface area contributed by atoms with Gasteiger partial charge in [-0.2, -0.15) is 0 Å². The van der Waals surface area contributed by atoms with Crippen LogP contribution in [0.25, 0.3) is 11.3 Å². The summed E-state index contributed by atoms with van der Waals surface area (Å²) in [4.78, 5) is 27.8. The molecule has 0 aliphatic rings. The number of aryl methyl sites for hydroxylation is 1. The first-order valence-electron chi connectivity index (χ1n) is 12.6. The van der Waals surface area contributed by atoms with Crippen molar-refractivity contribution in [2.75, 3.05) is 0 Å². The van der Waals surface area contributed by atoms with Gasteiger partial charge >= 0.3 is 11.9 Å². The number of pyridine rings is 1. The Morgan fingerprint density at radius 2 is 1.71 bits per heavy atom. The van der Waals surface area contributed by atoms with Gasteiger partial charge in [0.05, 0.1) is 18.0 Å². The number of carbonyl (C=O) groups is 2. The first kappa shape index (κ1) is 27.3. The SMILES string of the molecule is CCCCCCCC/C=C/C(=O)Oc1ccc(-c2ccc(CCC(C)OC(=O)CC)cc2)nc1. The fraction of sp³-hybridized carbons (Fsp3) is 0.483. The third kappa shape index (κ3) is 10.8. The zero-order valence-electron chi connectivity index (χ0n) is 20.9. The molecule has 5 heteroatoms. The molecule has 1 atom stereocenters. The first-order valence-corrected chi connectivity index (χ1v) is 12.6. The largest absolute Gasteiger partial charge is 0.463 e. The molecule has 184 valence electrons. The molecule has 1 aromatic carbocycles. The molecule has 0 fully saturated rings. The molecular weight excluding hydrogens is 426 g/mol. The quantitative estimate of drug-likeness (QED) is 0.158. The van der Waals surface area contributed by atoms with E-state index in [1.807, 2.05) is 31.2 Å². The van der Waals surface area contributed by atoms with E-state index in [4.69, 9.17) is 9.47 Å². The van der Waals surface area contributed by atoms with Crippen molar-refractivity contribution in [3.05, 3.63) is 60.3 Å². The van der Waals surface area contributed by atoms with Gasteiger partial charge in [0.15, 0.2) is 0 Å². The van der Waals surface area contributed by atoms with E-state index in [1.54, 1.807) is 19.2 Å². The van der Waals surface area contributed by atoms with Crippen molar-refractivity contribution in [3.63, 3.8) is 0 Å². The Morgan fingerprint density at radius 3 is 2.38 bits per heavy atom. The third-order valence-electron chi connectivity index (χ3n) is 5.64. The molecule has 5 nitrogen and oxygen atoms in total. The van der Waals surface area contributed by atoms with E-state index in [-0.39, 0.29) is 18.0 Å². The van der Waals surface area contributed by atoms with Crippen molar-refractivity contribution < 1.29 is 19.1 Å². The fourth-order valence-electron chi connectivity index (χ4n) is 3.56. The number of nitrogens with zero attached hydrogens (tertiary/aromatic N) is 1. The summed E-state index contributed by atoms with van der Waals surface area (Å²) >= 11 is 0. The minimum absolute atomic E-state index is 0.0885. The Balaban J connectivity index is 1.75. The summed E-state index contributed by atoms with van der Waals surface area (Å²) in [5.41, 5.74) is 2.99. The van der Waals surface area contributed by atoms with Gasteiger partial charge in [0.2, 0.25) is 0 Å². The van der Waals surface area contributed by atoms with Gasteiger partial charge in [-0.25, -0.2) is 4.79 Å². The average molecular weight is 466 g/mol. The van der Waals surface area contributed by atoms with Crippen LogP contribution in [0.4, 0.5) is 0 Å². The van der Waals surface area contributed by atoms with Gasteiger partial charge in [-0.3, -0.25) is 9.78 Å². The van der Waals surface area contributed by atoms with E-state index >= 15 is 0 Å². The topological polar surface area (TPSA) is 65.5 Å². The number of esters is 2. The average Bonchev–Trinajstić information content (AvgIpc) is 2.85. The van der Waals surface area contributed by atoms with E-state index < -0.39 is 0 Å². The number of hydrogen-bond acceptors (Lipinski definition) is 5. The zero-order chi connectivity index (χ0) is 24.6. The van der Waals surface area contributed by atoms with Crippen molar-refractivity contribution in [1.29, 1.82) is 0 Å². The smallest absolute Gasteiger partial charge is 0.335 e. The highest BCUT2D eigenvalue weighted by Crippen LogP contribution is 2.21. The minimum Gasteiger partial charge on any atom is -0.463 e. The maximum atomic E-state index is 12.0. The molecule has 0 saturated heterocycles. The van der Waals surface area contributed by atoms with E-state index in [1.165, 1.54) is 43.7 Å². The fourth-order valence-corrected chi connectivity index (χ4v) is 3.56. The number of carbonyl (C=O) groups excluding carboxylic acids is 2. The number of ether oxygens (including phenoxy) is 2. The highest BCUT2D eigenvalue weighted by molar-refractivity contribution is 5.84. The number of unbranched alkanes of at least 4 members (excludes halogenated alkanes) is 6. The molecule has 0 radical (unpaired) electrons. The van der Waals surface area contributed by atoms with Gasteiger partial charge in [-0.15, -0.1) is 0 Å². The summed E-state index contributed by atoms with van der Waals surface area (Å²) < 4.78 is 10.7. The minimum atomic E-state index is -0.372. The Bertz CT molecular complexity index is 887. The molecule has 1 aromatic heterocycles. The van der Waals surface area contributed by atoms with E-state index in [9.17, 15) is 9.59 Å². The maximum absolute atomic E-state index is 12.0. The van der Waals surface area contributed by atoms with E-state index in [0.29, 0.717) is 12.2 Å². The molecule has 0 amide bonds. The Labute approximate surface area is 204 Å². The number of hydrogen-bond donors (Lipinski definition) is 0. The first-order chi connectivity index (χ1) is 16.5. The molecule has 0 spiro atoms. The monoisotopic (exact) mass is 465 g/mol. The molecular formula is C29H39NO4. The molecule has 0 bridgehead atoms.